The van der Waals surface area contributed by atoms with Crippen molar-refractivity contribution in [1.29, 1.82) is 0 Å². The first kappa shape index (κ1) is 15.7. The summed E-state index contributed by atoms with van der Waals surface area (Å²) in [4.78, 5) is 14.9. The summed E-state index contributed by atoms with van der Waals surface area (Å²) in [7, 11) is 0. The van der Waals surface area contributed by atoms with Crippen LogP contribution < -0.4 is 5.63 Å². The van der Waals surface area contributed by atoms with Crippen LogP contribution in [0.3, 0.4) is 0 Å². The first-order valence-electron chi connectivity index (χ1n) is 7.75. The van der Waals surface area contributed by atoms with Crippen LogP contribution in [0.4, 0.5) is 0 Å². The van der Waals surface area contributed by atoms with E-state index >= 15 is 0 Å². The normalized spacial score (nSPS) is 11.3. The molecule has 3 aromatic heterocycles. The second-order valence-electron chi connectivity index (χ2n) is 5.72. The molecular formula is C18H15N3O3S. The molecule has 0 spiro atoms. The van der Waals surface area contributed by atoms with E-state index in [1.165, 1.54) is 17.8 Å². The van der Waals surface area contributed by atoms with Gasteiger partial charge in [-0.2, -0.15) is 0 Å². The Bertz CT molecular complexity index is 1100. The van der Waals surface area contributed by atoms with Gasteiger partial charge in [-0.05, 0) is 42.7 Å². The van der Waals surface area contributed by atoms with E-state index in [2.05, 4.69) is 15.2 Å². The summed E-state index contributed by atoms with van der Waals surface area (Å²) in [5.41, 5.74) is 4.02. The predicted molar refractivity (Wildman–Crippen MR) is 95.6 cm³/mol. The Morgan fingerprint density at radius 2 is 2.04 bits per heavy atom. The molecule has 0 atom stereocenters. The maximum absolute atomic E-state index is 11.9. The van der Waals surface area contributed by atoms with E-state index in [1.807, 2.05) is 38.1 Å². The van der Waals surface area contributed by atoms with Gasteiger partial charge in [-0.15, -0.1) is 10.2 Å². The zero-order valence-corrected chi connectivity index (χ0v) is 14.5. The van der Waals surface area contributed by atoms with Crippen LogP contribution in [0.2, 0.25) is 0 Å². The highest BCUT2D eigenvalue weighted by Crippen LogP contribution is 2.29. The number of aryl methyl sites for hydroxylation is 2. The number of nitrogens with zero attached hydrogens (tertiary/aromatic N) is 2. The molecule has 4 aromatic rings. The Hall–Kier alpha value is -2.80. The Kier molecular flexibility index (Phi) is 3.93. The molecule has 0 aliphatic heterocycles. The number of hydrogen-bond acceptors (Lipinski definition) is 6. The van der Waals surface area contributed by atoms with Crippen molar-refractivity contribution < 1.29 is 8.83 Å². The van der Waals surface area contributed by atoms with E-state index in [-0.39, 0.29) is 5.63 Å². The maximum atomic E-state index is 11.9. The molecule has 0 aliphatic rings. The largest absolute Gasteiger partial charge is 0.422 e. The molecule has 7 heteroatoms. The minimum atomic E-state index is -0.352. The summed E-state index contributed by atoms with van der Waals surface area (Å²) in [6.45, 7) is 3.95. The van der Waals surface area contributed by atoms with Crippen LogP contribution in [0.1, 0.15) is 16.7 Å². The zero-order chi connectivity index (χ0) is 17.4. The number of aromatic nitrogens is 3. The van der Waals surface area contributed by atoms with Gasteiger partial charge in [-0.1, -0.05) is 23.9 Å². The maximum Gasteiger partial charge on any atom is 0.336 e. The van der Waals surface area contributed by atoms with Crippen LogP contribution in [0.25, 0.3) is 22.6 Å². The fourth-order valence-electron chi connectivity index (χ4n) is 2.62. The molecule has 6 nitrogen and oxygen atoms in total. The summed E-state index contributed by atoms with van der Waals surface area (Å²) in [6, 6.07) is 9.26. The highest BCUT2D eigenvalue weighted by molar-refractivity contribution is 7.98. The third-order valence-corrected chi connectivity index (χ3v) is 4.97. The van der Waals surface area contributed by atoms with Crippen molar-refractivity contribution in [3.8, 4) is 11.6 Å². The Morgan fingerprint density at radius 1 is 1.16 bits per heavy atom. The smallest absolute Gasteiger partial charge is 0.336 e. The van der Waals surface area contributed by atoms with Crippen molar-refractivity contribution in [3.63, 3.8) is 0 Å². The van der Waals surface area contributed by atoms with E-state index in [1.54, 1.807) is 6.20 Å². The van der Waals surface area contributed by atoms with Crippen molar-refractivity contribution in [3.05, 3.63) is 63.6 Å². The van der Waals surface area contributed by atoms with Gasteiger partial charge in [0.15, 0.2) is 0 Å². The molecule has 0 fully saturated rings. The molecule has 0 unspecified atom stereocenters. The van der Waals surface area contributed by atoms with Gasteiger partial charge in [0.25, 0.3) is 11.1 Å². The summed E-state index contributed by atoms with van der Waals surface area (Å²) < 4.78 is 11.0. The highest BCUT2D eigenvalue weighted by atomic mass is 32.2. The Labute approximate surface area is 147 Å². The lowest BCUT2D eigenvalue weighted by atomic mass is 10.0. The lowest BCUT2D eigenvalue weighted by molar-refractivity contribution is 0.464. The van der Waals surface area contributed by atoms with Crippen LogP contribution >= 0.6 is 11.8 Å². The molecule has 0 radical (unpaired) electrons. The zero-order valence-electron chi connectivity index (χ0n) is 13.7. The first-order chi connectivity index (χ1) is 12.1. The molecule has 0 saturated heterocycles. The van der Waals surface area contributed by atoms with Crippen molar-refractivity contribution >= 4 is 22.7 Å². The summed E-state index contributed by atoms with van der Waals surface area (Å²) >= 11 is 1.39. The third kappa shape index (κ3) is 2.98. The van der Waals surface area contributed by atoms with Crippen LogP contribution in [0.5, 0.6) is 0 Å². The number of aromatic amines is 1. The highest BCUT2D eigenvalue weighted by Gasteiger charge is 2.13. The molecule has 25 heavy (non-hydrogen) atoms. The fourth-order valence-corrected chi connectivity index (χ4v) is 3.38. The quantitative estimate of drug-likeness (QED) is 0.439. The average molecular weight is 353 g/mol. The van der Waals surface area contributed by atoms with E-state index < -0.39 is 0 Å². The Balaban J connectivity index is 1.63. The van der Waals surface area contributed by atoms with Gasteiger partial charge in [-0.25, -0.2) is 4.79 Å². The van der Waals surface area contributed by atoms with Crippen LogP contribution in [0, 0.1) is 13.8 Å². The van der Waals surface area contributed by atoms with Crippen LogP contribution in [0.15, 0.2) is 55.4 Å². The number of benzene rings is 1. The topological polar surface area (TPSA) is 84.9 Å². The summed E-state index contributed by atoms with van der Waals surface area (Å²) in [6.07, 6.45) is 1.80. The fraction of sp³-hybridized carbons (Fsp3) is 0.167. The van der Waals surface area contributed by atoms with Gasteiger partial charge in [0.1, 0.15) is 11.3 Å². The monoisotopic (exact) mass is 353 g/mol. The molecule has 1 aromatic carbocycles. The molecule has 1 N–H and O–H groups in total. The van der Waals surface area contributed by atoms with Crippen molar-refractivity contribution in [2.75, 3.05) is 0 Å². The lowest BCUT2D eigenvalue weighted by Crippen LogP contribution is -2.01. The minimum Gasteiger partial charge on any atom is -0.422 e. The van der Waals surface area contributed by atoms with Gasteiger partial charge in [0, 0.05) is 23.4 Å². The molecule has 0 aliphatic carbocycles. The first-order valence-corrected chi connectivity index (χ1v) is 8.73. The second-order valence-corrected chi connectivity index (χ2v) is 6.65. The number of hydrogen-bond donors (Lipinski definition) is 1. The van der Waals surface area contributed by atoms with E-state index in [4.69, 9.17) is 8.83 Å². The molecule has 0 amide bonds. The number of nitrogens with one attached hydrogen (secondary N) is 1. The van der Waals surface area contributed by atoms with Crippen molar-refractivity contribution in [2.24, 2.45) is 0 Å². The second kappa shape index (κ2) is 6.25. The van der Waals surface area contributed by atoms with E-state index in [0.717, 1.165) is 27.8 Å². The molecule has 0 bridgehead atoms. The molecule has 3 heterocycles. The average Bonchev–Trinajstić information content (AvgIpc) is 3.27. The number of fused-ring (bicyclic) bond motifs is 1. The standard InChI is InChI=1S/C18H15N3O3S/c1-10-5-6-13-12(8-15(22)23-16(13)11(10)2)9-25-18-21-20-17(24-18)14-4-3-7-19-14/h3-8,19H,9H2,1-2H3. The SMILES string of the molecule is Cc1ccc2c(CSc3nnc(-c4ccc[nH]4)o3)cc(=O)oc2c1C. The Morgan fingerprint density at radius 3 is 2.84 bits per heavy atom. The van der Waals surface area contributed by atoms with Crippen molar-refractivity contribution in [1.82, 2.24) is 15.2 Å². The summed E-state index contributed by atoms with van der Waals surface area (Å²) in [5.74, 6) is 0.980. The number of H-pyrrole nitrogens is 1. The molecule has 126 valence electrons. The summed E-state index contributed by atoms with van der Waals surface area (Å²) in [5, 5.41) is 9.46. The van der Waals surface area contributed by atoms with E-state index in [9.17, 15) is 4.79 Å². The number of rotatable bonds is 4. The molecular weight excluding hydrogens is 338 g/mol. The lowest BCUT2D eigenvalue weighted by Gasteiger charge is -2.07. The van der Waals surface area contributed by atoms with E-state index in [0.29, 0.717) is 22.4 Å². The van der Waals surface area contributed by atoms with Crippen molar-refractivity contribution in [2.45, 2.75) is 24.8 Å². The molecule has 4 rings (SSSR count). The molecule has 0 saturated carbocycles. The van der Waals surface area contributed by atoms with Gasteiger partial charge in [0.05, 0.1) is 0 Å². The minimum absolute atomic E-state index is 0.352. The van der Waals surface area contributed by atoms with Gasteiger partial charge in [0.2, 0.25) is 0 Å². The third-order valence-electron chi connectivity index (χ3n) is 4.10. The van der Waals surface area contributed by atoms with Crippen LogP contribution in [-0.2, 0) is 5.75 Å². The van der Waals surface area contributed by atoms with Crippen LogP contribution in [-0.4, -0.2) is 15.2 Å². The number of thioether (sulfide) groups is 1. The van der Waals surface area contributed by atoms with Gasteiger partial charge < -0.3 is 13.8 Å². The van der Waals surface area contributed by atoms with Gasteiger partial charge >= 0.3 is 5.63 Å². The predicted octanol–water partition coefficient (Wildman–Crippen LogP) is 4.08. The van der Waals surface area contributed by atoms with Gasteiger partial charge in [-0.3, -0.25) is 0 Å².